The van der Waals surface area contributed by atoms with Gasteiger partial charge in [-0.2, -0.15) is 0 Å². The number of thioether (sulfide) groups is 1. The van der Waals surface area contributed by atoms with Gasteiger partial charge in [-0.25, -0.2) is 0 Å². The number of ether oxygens (including phenoxy) is 1. The molecule has 0 radical (unpaired) electrons. The highest BCUT2D eigenvalue weighted by molar-refractivity contribution is 7.99. The number of hydrogen-bond donors (Lipinski definition) is 1. The maximum absolute atomic E-state index is 12.0. The summed E-state index contributed by atoms with van der Waals surface area (Å²) >= 11 is 1.61. The molecule has 2 aromatic rings. The number of benzene rings is 2. The molecular formula is C18H21NO2S. The van der Waals surface area contributed by atoms with Gasteiger partial charge in [0.05, 0.1) is 12.9 Å². The number of nitrogens with one attached hydrogen (secondary N) is 1. The van der Waals surface area contributed by atoms with Crippen LogP contribution in [0.1, 0.15) is 16.7 Å². The van der Waals surface area contributed by atoms with Crippen molar-refractivity contribution in [3.05, 3.63) is 59.2 Å². The van der Waals surface area contributed by atoms with E-state index in [-0.39, 0.29) is 5.91 Å². The maximum Gasteiger partial charge on any atom is 0.234 e. The Kier molecular flexibility index (Phi) is 5.90. The number of amides is 1. The molecule has 22 heavy (non-hydrogen) atoms. The maximum atomic E-state index is 12.0. The number of rotatable bonds is 6. The lowest BCUT2D eigenvalue weighted by Gasteiger charge is -2.12. The van der Waals surface area contributed by atoms with Crippen molar-refractivity contribution >= 4 is 23.4 Å². The van der Waals surface area contributed by atoms with Gasteiger partial charge < -0.3 is 10.1 Å². The van der Waals surface area contributed by atoms with Gasteiger partial charge in [0.25, 0.3) is 0 Å². The summed E-state index contributed by atoms with van der Waals surface area (Å²) in [6, 6.07) is 14.0. The number of anilines is 1. The molecule has 0 bridgehead atoms. The molecule has 0 unspecified atom stereocenters. The molecule has 0 aliphatic carbocycles. The number of hydrogen-bond acceptors (Lipinski definition) is 3. The van der Waals surface area contributed by atoms with Crippen LogP contribution in [-0.2, 0) is 10.5 Å². The molecule has 0 spiro atoms. The molecule has 3 nitrogen and oxygen atoms in total. The van der Waals surface area contributed by atoms with E-state index in [1.165, 1.54) is 5.56 Å². The Morgan fingerprint density at radius 2 is 1.77 bits per heavy atom. The van der Waals surface area contributed by atoms with Gasteiger partial charge in [-0.3, -0.25) is 4.79 Å². The Bertz CT molecular complexity index is 618. The second kappa shape index (κ2) is 7.90. The van der Waals surface area contributed by atoms with Crippen molar-refractivity contribution in [3.63, 3.8) is 0 Å². The normalized spacial score (nSPS) is 10.3. The van der Waals surface area contributed by atoms with Crippen molar-refractivity contribution in [1.82, 2.24) is 0 Å². The van der Waals surface area contributed by atoms with Gasteiger partial charge >= 0.3 is 0 Å². The van der Waals surface area contributed by atoms with Crippen molar-refractivity contribution in [2.75, 3.05) is 18.2 Å². The molecule has 0 aliphatic heterocycles. The number of carbonyl (C=O) groups is 1. The molecule has 2 rings (SSSR count). The third kappa shape index (κ3) is 4.53. The van der Waals surface area contributed by atoms with Crippen molar-refractivity contribution in [2.24, 2.45) is 0 Å². The Morgan fingerprint density at radius 1 is 1.14 bits per heavy atom. The monoisotopic (exact) mass is 315 g/mol. The summed E-state index contributed by atoms with van der Waals surface area (Å²) < 4.78 is 5.33. The first-order chi connectivity index (χ1) is 10.6. The van der Waals surface area contributed by atoms with Gasteiger partial charge in [0, 0.05) is 11.4 Å². The predicted octanol–water partition coefficient (Wildman–Crippen LogP) is 4.18. The summed E-state index contributed by atoms with van der Waals surface area (Å²) in [5, 5.41) is 2.95. The molecule has 0 atom stereocenters. The van der Waals surface area contributed by atoms with Crippen LogP contribution < -0.4 is 10.1 Å². The number of aryl methyl sites for hydroxylation is 2. The van der Waals surface area contributed by atoms with Crippen molar-refractivity contribution in [2.45, 2.75) is 19.6 Å². The third-order valence-corrected chi connectivity index (χ3v) is 4.30. The molecule has 0 aromatic heterocycles. The van der Waals surface area contributed by atoms with Crippen LogP contribution in [0.4, 0.5) is 5.69 Å². The zero-order valence-electron chi connectivity index (χ0n) is 13.2. The van der Waals surface area contributed by atoms with Crippen LogP contribution >= 0.6 is 11.8 Å². The lowest BCUT2D eigenvalue weighted by atomic mass is 10.1. The fraction of sp³-hybridized carbons (Fsp3) is 0.278. The van der Waals surface area contributed by atoms with Crippen LogP contribution in [0.15, 0.2) is 42.5 Å². The highest BCUT2D eigenvalue weighted by Gasteiger charge is 2.08. The molecule has 116 valence electrons. The van der Waals surface area contributed by atoms with Crippen LogP contribution in [0.25, 0.3) is 0 Å². The first-order valence-electron chi connectivity index (χ1n) is 7.17. The lowest BCUT2D eigenvalue weighted by Crippen LogP contribution is -2.14. The van der Waals surface area contributed by atoms with E-state index in [2.05, 4.69) is 17.4 Å². The lowest BCUT2D eigenvalue weighted by molar-refractivity contribution is -0.113. The van der Waals surface area contributed by atoms with E-state index in [4.69, 9.17) is 4.74 Å². The van der Waals surface area contributed by atoms with Crippen molar-refractivity contribution < 1.29 is 9.53 Å². The molecule has 0 aliphatic rings. The molecule has 0 fully saturated rings. The summed E-state index contributed by atoms with van der Waals surface area (Å²) in [7, 11) is 1.66. The standard InChI is InChI=1S/C18H21NO2S/c1-13-9-16(10-14(2)18(13)21-3)19-17(20)12-22-11-15-7-5-4-6-8-15/h4-10H,11-12H2,1-3H3,(H,19,20). The minimum atomic E-state index is 0.0184. The topological polar surface area (TPSA) is 38.3 Å². The second-order valence-electron chi connectivity index (χ2n) is 5.17. The largest absolute Gasteiger partial charge is 0.496 e. The van der Waals surface area contributed by atoms with Gasteiger partial charge in [-0.1, -0.05) is 30.3 Å². The quantitative estimate of drug-likeness (QED) is 0.869. The number of methoxy groups -OCH3 is 1. The molecule has 0 saturated carbocycles. The van der Waals surface area contributed by atoms with Crippen LogP contribution in [0, 0.1) is 13.8 Å². The molecule has 4 heteroatoms. The van der Waals surface area contributed by atoms with E-state index < -0.39 is 0 Å². The van der Waals surface area contributed by atoms with E-state index in [0.29, 0.717) is 5.75 Å². The molecular weight excluding hydrogens is 294 g/mol. The second-order valence-corrected chi connectivity index (χ2v) is 6.16. The first-order valence-corrected chi connectivity index (χ1v) is 8.32. The molecule has 1 N–H and O–H groups in total. The number of carbonyl (C=O) groups excluding carboxylic acids is 1. The summed E-state index contributed by atoms with van der Waals surface area (Å²) in [4.78, 5) is 12.0. The first kappa shape index (κ1) is 16.4. The van der Waals surface area contributed by atoms with Gasteiger partial charge in [-0.15, -0.1) is 11.8 Å². The van der Waals surface area contributed by atoms with Crippen molar-refractivity contribution in [1.29, 1.82) is 0 Å². The zero-order chi connectivity index (χ0) is 15.9. The van der Waals surface area contributed by atoms with Gasteiger partial charge in [0.2, 0.25) is 5.91 Å². The van der Waals surface area contributed by atoms with E-state index in [1.54, 1.807) is 18.9 Å². The van der Waals surface area contributed by atoms with E-state index in [1.807, 2.05) is 44.2 Å². The van der Waals surface area contributed by atoms with Crippen LogP contribution in [0.5, 0.6) is 5.75 Å². The Labute approximate surface area is 136 Å². The fourth-order valence-corrected chi connectivity index (χ4v) is 3.17. The van der Waals surface area contributed by atoms with Crippen LogP contribution in [0.3, 0.4) is 0 Å². The zero-order valence-corrected chi connectivity index (χ0v) is 14.0. The predicted molar refractivity (Wildman–Crippen MR) is 93.7 cm³/mol. The van der Waals surface area contributed by atoms with Gasteiger partial charge in [0.15, 0.2) is 0 Å². The summed E-state index contributed by atoms with van der Waals surface area (Å²) in [6.07, 6.45) is 0. The summed E-state index contributed by atoms with van der Waals surface area (Å²) in [6.45, 7) is 3.96. The molecule has 0 saturated heterocycles. The van der Waals surface area contributed by atoms with Crippen LogP contribution in [-0.4, -0.2) is 18.8 Å². The minimum absolute atomic E-state index is 0.0184. The average Bonchev–Trinajstić information content (AvgIpc) is 2.48. The minimum Gasteiger partial charge on any atom is -0.496 e. The Balaban J connectivity index is 1.87. The summed E-state index contributed by atoms with van der Waals surface area (Å²) in [5.41, 5.74) is 4.10. The Hall–Kier alpha value is -1.94. The van der Waals surface area contributed by atoms with Crippen LogP contribution in [0.2, 0.25) is 0 Å². The average molecular weight is 315 g/mol. The van der Waals surface area contributed by atoms with E-state index >= 15 is 0 Å². The highest BCUT2D eigenvalue weighted by Crippen LogP contribution is 2.26. The van der Waals surface area contributed by atoms with E-state index in [0.717, 1.165) is 28.3 Å². The van der Waals surface area contributed by atoms with Crippen molar-refractivity contribution in [3.8, 4) is 5.75 Å². The fourth-order valence-electron chi connectivity index (χ4n) is 2.38. The summed E-state index contributed by atoms with van der Waals surface area (Å²) in [5.74, 6) is 2.18. The molecule has 0 heterocycles. The van der Waals surface area contributed by atoms with E-state index in [9.17, 15) is 4.79 Å². The molecule has 1 amide bonds. The smallest absolute Gasteiger partial charge is 0.234 e. The Morgan fingerprint density at radius 3 is 2.36 bits per heavy atom. The SMILES string of the molecule is COc1c(C)cc(NC(=O)CSCc2ccccc2)cc1C. The third-order valence-electron chi connectivity index (χ3n) is 3.29. The van der Waals surface area contributed by atoms with Gasteiger partial charge in [-0.05, 0) is 42.7 Å². The van der Waals surface area contributed by atoms with Gasteiger partial charge in [0.1, 0.15) is 5.75 Å². The molecule has 2 aromatic carbocycles. The highest BCUT2D eigenvalue weighted by atomic mass is 32.2.